The van der Waals surface area contributed by atoms with Crippen molar-refractivity contribution in [1.29, 1.82) is 0 Å². The van der Waals surface area contributed by atoms with Gasteiger partial charge in [0.05, 0.1) is 6.67 Å². The number of hydrogen-bond donors (Lipinski definition) is 1. The molecule has 0 aliphatic heterocycles. The van der Waals surface area contributed by atoms with E-state index in [9.17, 15) is 4.39 Å². The van der Waals surface area contributed by atoms with Crippen molar-refractivity contribution in [3.63, 3.8) is 0 Å². The highest BCUT2D eigenvalue weighted by Crippen LogP contribution is 2.09. The van der Waals surface area contributed by atoms with Gasteiger partial charge < -0.3 is 5.73 Å². The van der Waals surface area contributed by atoms with Gasteiger partial charge in [-0.15, -0.1) is 0 Å². The highest BCUT2D eigenvalue weighted by atomic mass is 19.1. The lowest BCUT2D eigenvalue weighted by atomic mass is 10.1. The molecule has 0 saturated heterocycles. The molecule has 0 aliphatic carbocycles. The molecular formula is C11H24FN. The molecule has 0 aromatic carbocycles. The first-order chi connectivity index (χ1) is 6.41. The summed E-state index contributed by atoms with van der Waals surface area (Å²) in [5.41, 5.74) is 5.39. The minimum absolute atomic E-state index is 0.142. The minimum Gasteiger partial charge on any atom is -0.330 e. The molecule has 0 unspecified atom stereocenters. The van der Waals surface area contributed by atoms with Gasteiger partial charge in [0, 0.05) is 0 Å². The van der Waals surface area contributed by atoms with Crippen molar-refractivity contribution < 1.29 is 4.39 Å². The van der Waals surface area contributed by atoms with E-state index in [1.165, 1.54) is 44.9 Å². The highest BCUT2D eigenvalue weighted by Gasteiger charge is 1.91. The summed E-state index contributed by atoms with van der Waals surface area (Å²) in [7, 11) is 0. The lowest BCUT2D eigenvalue weighted by molar-refractivity contribution is 0.449. The molecule has 1 nitrogen and oxygen atoms in total. The molecule has 0 bridgehead atoms. The van der Waals surface area contributed by atoms with Gasteiger partial charge in [0.15, 0.2) is 0 Å². The molecule has 0 aliphatic rings. The van der Waals surface area contributed by atoms with E-state index < -0.39 is 0 Å². The van der Waals surface area contributed by atoms with Crippen LogP contribution >= 0.6 is 0 Å². The van der Waals surface area contributed by atoms with Crippen LogP contribution in [0.2, 0.25) is 0 Å². The molecule has 0 aromatic rings. The smallest absolute Gasteiger partial charge is 0.0894 e. The van der Waals surface area contributed by atoms with Crippen molar-refractivity contribution >= 4 is 0 Å². The van der Waals surface area contributed by atoms with Crippen LogP contribution in [-0.4, -0.2) is 13.2 Å². The van der Waals surface area contributed by atoms with Gasteiger partial charge in [-0.25, -0.2) is 0 Å². The molecule has 2 N–H and O–H groups in total. The Hall–Kier alpha value is -0.110. The number of alkyl halides is 1. The van der Waals surface area contributed by atoms with Crippen LogP contribution in [0.15, 0.2) is 0 Å². The number of nitrogens with two attached hydrogens (primary N) is 1. The maximum Gasteiger partial charge on any atom is 0.0894 e. The van der Waals surface area contributed by atoms with Crippen molar-refractivity contribution in [1.82, 2.24) is 0 Å². The van der Waals surface area contributed by atoms with Gasteiger partial charge in [-0.3, -0.25) is 4.39 Å². The Balaban J connectivity index is 2.76. The topological polar surface area (TPSA) is 26.0 Å². The predicted molar refractivity (Wildman–Crippen MR) is 56.6 cm³/mol. The second kappa shape index (κ2) is 11.9. The van der Waals surface area contributed by atoms with Crippen LogP contribution < -0.4 is 5.73 Å². The Bertz CT molecular complexity index is 76.2. The molecule has 13 heavy (non-hydrogen) atoms. The van der Waals surface area contributed by atoms with Crippen LogP contribution in [0, 0.1) is 0 Å². The zero-order chi connectivity index (χ0) is 9.78. The van der Waals surface area contributed by atoms with Crippen LogP contribution in [-0.2, 0) is 0 Å². The molecular weight excluding hydrogens is 165 g/mol. The quantitative estimate of drug-likeness (QED) is 0.523. The highest BCUT2D eigenvalue weighted by molar-refractivity contribution is 4.47. The summed E-state index contributed by atoms with van der Waals surface area (Å²) in [6, 6.07) is 0. The summed E-state index contributed by atoms with van der Waals surface area (Å²) in [5, 5.41) is 0. The normalized spacial score (nSPS) is 10.6. The average molecular weight is 189 g/mol. The standard InChI is InChI=1S/C11H24FN/c12-10-8-6-4-2-1-3-5-7-9-11-13/h1-11,13H2. The summed E-state index contributed by atoms with van der Waals surface area (Å²) in [6.45, 7) is 0.688. The van der Waals surface area contributed by atoms with Crippen molar-refractivity contribution in [2.24, 2.45) is 5.73 Å². The number of hydrogen-bond acceptors (Lipinski definition) is 1. The predicted octanol–water partition coefficient (Wildman–Crippen LogP) is 3.43. The van der Waals surface area contributed by atoms with Crippen molar-refractivity contribution in [3.8, 4) is 0 Å². The van der Waals surface area contributed by atoms with Gasteiger partial charge in [-0.05, 0) is 19.4 Å². The molecule has 0 aromatic heterocycles. The zero-order valence-electron chi connectivity index (χ0n) is 8.73. The largest absolute Gasteiger partial charge is 0.330 e. The Kier molecular flexibility index (Phi) is 11.8. The Morgan fingerprint density at radius 3 is 1.38 bits per heavy atom. The van der Waals surface area contributed by atoms with Gasteiger partial charge in [-0.1, -0.05) is 44.9 Å². The minimum atomic E-state index is -0.142. The summed E-state index contributed by atoms with van der Waals surface area (Å²) >= 11 is 0. The molecule has 0 spiro atoms. The molecule has 0 rings (SSSR count). The summed E-state index contributed by atoms with van der Waals surface area (Å²) < 4.78 is 11.7. The van der Waals surface area contributed by atoms with Crippen LogP contribution in [0.4, 0.5) is 4.39 Å². The first-order valence-corrected chi connectivity index (χ1v) is 5.68. The van der Waals surface area contributed by atoms with E-state index in [1.807, 2.05) is 0 Å². The van der Waals surface area contributed by atoms with E-state index in [4.69, 9.17) is 5.73 Å². The van der Waals surface area contributed by atoms with Gasteiger partial charge in [-0.2, -0.15) is 0 Å². The number of unbranched alkanes of at least 4 members (excludes halogenated alkanes) is 8. The summed E-state index contributed by atoms with van der Waals surface area (Å²) in [4.78, 5) is 0. The zero-order valence-corrected chi connectivity index (χ0v) is 8.73. The monoisotopic (exact) mass is 189 g/mol. The van der Waals surface area contributed by atoms with Crippen molar-refractivity contribution in [2.75, 3.05) is 13.2 Å². The summed E-state index contributed by atoms with van der Waals surface area (Å²) in [6.07, 6.45) is 10.7. The molecule has 0 saturated carbocycles. The molecule has 0 fully saturated rings. The first-order valence-electron chi connectivity index (χ1n) is 5.68. The van der Waals surface area contributed by atoms with E-state index in [-0.39, 0.29) is 6.67 Å². The summed E-state index contributed by atoms with van der Waals surface area (Å²) in [5.74, 6) is 0. The van der Waals surface area contributed by atoms with Gasteiger partial charge in [0.25, 0.3) is 0 Å². The maximum absolute atomic E-state index is 11.7. The second-order valence-corrected chi connectivity index (χ2v) is 3.66. The first kappa shape index (κ1) is 12.9. The molecule has 0 radical (unpaired) electrons. The van der Waals surface area contributed by atoms with E-state index in [0.29, 0.717) is 0 Å². The second-order valence-electron chi connectivity index (χ2n) is 3.66. The van der Waals surface area contributed by atoms with Crippen molar-refractivity contribution in [2.45, 2.75) is 57.8 Å². The Morgan fingerprint density at radius 2 is 1.00 bits per heavy atom. The fourth-order valence-corrected chi connectivity index (χ4v) is 1.48. The van der Waals surface area contributed by atoms with Gasteiger partial charge >= 0.3 is 0 Å². The maximum atomic E-state index is 11.7. The third kappa shape index (κ3) is 11.9. The molecule has 0 heterocycles. The number of rotatable bonds is 10. The van der Waals surface area contributed by atoms with E-state index >= 15 is 0 Å². The van der Waals surface area contributed by atoms with Crippen LogP contribution in [0.1, 0.15) is 57.8 Å². The Labute approximate surface area is 81.9 Å². The van der Waals surface area contributed by atoms with Gasteiger partial charge in [0.1, 0.15) is 0 Å². The SMILES string of the molecule is NCCCCCCCCCCCF. The van der Waals surface area contributed by atoms with E-state index in [2.05, 4.69) is 0 Å². The molecule has 0 atom stereocenters. The third-order valence-electron chi connectivity index (χ3n) is 2.34. The third-order valence-corrected chi connectivity index (χ3v) is 2.34. The molecule has 0 amide bonds. The van der Waals surface area contributed by atoms with Crippen LogP contribution in [0.25, 0.3) is 0 Å². The van der Waals surface area contributed by atoms with Crippen LogP contribution in [0.5, 0.6) is 0 Å². The fourth-order valence-electron chi connectivity index (χ4n) is 1.48. The van der Waals surface area contributed by atoms with Crippen molar-refractivity contribution in [3.05, 3.63) is 0 Å². The van der Waals surface area contributed by atoms with E-state index in [1.54, 1.807) is 0 Å². The number of halogens is 1. The lowest BCUT2D eigenvalue weighted by Crippen LogP contribution is -1.97. The fraction of sp³-hybridized carbons (Fsp3) is 1.00. The van der Waals surface area contributed by atoms with Gasteiger partial charge in [0.2, 0.25) is 0 Å². The molecule has 2 heteroatoms. The van der Waals surface area contributed by atoms with E-state index in [0.717, 1.165) is 19.4 Å². The van der Waals surface area contributed by atoms with Crippen LogP contribution in [0.3, 0.4) is 0 Å². The Morgan fingerprint density at radius 1 is 0.615 bits per heavy atom. The molecule has 80 valence electrons. The average Bonchev–Trinajstić information content (AvgIpc) is 2.16. The lowest BCUT2D eigenvalue weighted by Gasteiger charge is -2.00.